The minimum Gasteiger partial charge on any atom is -0.324 e. The van der Waals surface area contributed by atoms with E-state index >= 15 is 0 Å². The average Bonchev–Trinajstić information content (AvgIpc) is 3.73. The minimum absolute atomic E-state index is 0. The molecule has 4 aromatic carbocycles. The summed E-state index contributed by atoms with van der Waals surface area (Å²) in [6.45, 7) is 0. The van der Waals surface area contributed by atoms with Gasteiger partial charge in [-0.3, -0.25) is 0 Å². The number of aromatic nitrogens is 8. The summed E-state index contributed by atoms with van der Waals surface area (Å²) < 4.78 is 0. The van der Waals surface area contributed by atoms with Crippen molar-refractivity contribution in [3.63, 3.8) is 0 Å². The molecule has 8 nitrogen and oxygen atoms in total. The van der Waals surface area contributed by atoms with Gasteiger partial charge in [0.15, 0.2) is 23.3 Å². The van der Waals surface area contributed by atoms with E-state index in [9.17, 15) is 0 Å². The number of rotatable bonds is 0. The molecule has 0 saturated carbocycles. The van der Waals surface area contributed by atoms with E-state index in [2.05, 4.69) is 9.97 Å². The van der Waals surface area contributed by atoms with E-state index in [1.807, 2.05) is 97.1 Å². The van der Waals surface area contributed by atoms with Crippen LogP contribution in [0.5, 0.6) is 0 Å². The molecule has 9 heteroatoms. The predicted molar refractivity (Wildman–Crippen MR) is 156 cm³/mol. The van der Waals surface area contributed by atoms with Gasteiger partial charge in [-0.05, 0) is 0 Å². The maximum absolute atomic E-state index is 5.02. The van der Waals surface area contributed by atoms with E-state index in [0.717, 1.165) is 43.8 Å². The molecule has 9 rings (SSSR count). The Morgan fingerprint density at radius 2 is 0.561 bits per heavy atom. The van der Waals surface area contributed by atoms with Gasteiger partial charge in [-0.1, -0.05) is 97.1 Å². The number of hydrogen-bond donors (Lipinski definition) is 2. The van der Waals surface area contributed by atoms with Crippen molar-refractivity contribution in [2.45, 2.75) is 0 Å². The summed E-state index contributed by atoms with van der Waals surface area (Å²) in [7, 11) is 0. The number of fused-ring (bicyclic) bond motifs is 20. The number of aromatic amines is 2. The third-order valence-corrected chi connectivity index (χ3v) is 7.46. The number of H-pyrrole nitrogens is 2. The van der Waals surface area contributed by atoms with Crippen molar-refractivity contribution in [3.8, 4) is 45.6 Å². The summed E-state index contributed by atoms with van der Waals surface area (Å²) >= 11 is 0. The molecule has 0 fully saturated rings. The molecule has 2 N–H and O–H groups in total. The van der Waals surface area contributed by atoms with Crippen molar-refractivity contribution in [2.24, 2.45) is 0 Å². The van der Waals surface area contributed by atoms with Crippen LogP contribution in [-0.4, -0.2) is 39.9 Å². The zero-order chi connectivity index (χ0) is 26.2. The predicted octanol–water partition coefficient (Wildman–Crippen LogP) is 6.87. The average molecular weight is 667 g/mol. The molecule has 191 valence electrons. The third kappa shape index (κ3) is 3.80. The number of hydrogen-bond acceptors (Lipinski definition) is 6. The minimum atomic E-state index is 0. The van der Waals surface area contributed by atoms with E-state index in [0.29, 0.717) is 45.9 Å². The Labute approximate surface area is 273 Å². The van der Waals surface area contributed by atoms with Crippen LogP contribution >= 0.6 is 0 Å². The molecule has 0 amide bonds. The molecule has 41 heavy (non-hydrogen) atoms. The fourth-order valence-electron chi connectivity index (χ4n) is 5.59. The summed E-state index contributed by atoms with van der Waals surface area (Å²) in [6.07, 6.45) is 0. The first-order valence-corrected chi connectivity index (χ1v) is 13.0. The van der Waals surface area contributed by atoms with Crippen LogP contribution in [-0.2, 0) is 0 Å². The molecule has 0 atom stereocenters. The molecular formula is C32H18EuN8+2. The molecule has 2 aliphatic heterocycles. The molecule has 0 spiro atoms. The molecule has 2 aliphatic rings. The molecule has 8 bridgehead atoms. The van der Waals surface area contributed by atoms with Gasteiger partial charge in [0.05, 0.1) is 0 Å². The quantitative estimate of drug-likeness (QED) is 0.183. The van der Waals surface area contributed by atoms with Crippen LogP contribution in [0.1, 0.15) is 0 Å². The van der Waals surface area contributed by atoms with E-state index in [1.165, 1.54) is 0 Å². The topological polar surface area (TPSA) is 109 Å². The Kier molecular flexibility index (Phi) is 5.67. The standard InChI is InChI=1S/C32H18N8.Eu/c1-2-10-18-17(9-1)25-33-26(18)38-28-21-13-5-6-14-22(21)30(35-28)40-32-24-16-8-7-15-23(24)31(36-32)39-29-20-12-4-3-11-19(20)27(34-29)37-25;/h1-16H,(H2,33,34,35,36,37,38,39,40);/q;+2. The normalized spacial score (nSPS) is 11.7. The van der Waals surface area contributed by atoms with Crippen molar-refractivity contribution >= 4 is 44.1 Å². The van der Waals surface area contributed by atoms with Crippen LogP contribution in [0.4, 0.5) is 0 Å². The maximum Gasteiger partial charge on any atom is 2.00 e. The van der Waals surface area contributed by atoms with Gasteiger partial charge >= 0.3 is 49.4 Å². The second kappa shape index (κ2) is 9.44. The van der Waals surface area contributed by atoms with Gasteiger partial charge in [-0.2, -0.15) is 0 Å². The second-order valence-corrected chi connectivity index (χ2v) is 9.79. The maximum atomic E-state index is 5.02. The summed E-state index contributed by atoms with van der Waals surface area (Å²) in [6, 6.07) is 32.2. The van der Waals surface area contributed by atoms with E-state index < -0.39 is 0 Å². The van der Waals surface area contributed by atoms with Crippen LogP contribution in [0.15, 0.2) is 97.1 Å². The van der Waals surface area contributed by atoms with E-state index in [1.54, 1.807) is 0 Å². The van der Waals surface area contributed by atoms with Gasteiger partial charge < -0.3 is 9.97 Å². The van der Waals surface area contributed by atoms with Crippen molar-refractivity contribution in [1.29, 1.82) is 0 Å². The van der Waals surface area contributed by atoms with Crippen molar-refractivity contribution in [3.05, 3.63) is 97.1 Å². The summed E-state index contributed by atoms with van der Waals surface area (Å²) in [5, 5.41) is 3.82. The number of benzene rings is 4. The molecule has 3 aromatic heterocycles. The fourth-order valence-corrected chi connectivity index (χ4v) is 5.59. The monoisotopic (exact) mass is 667 g/mol. The number of nitrogens with zero attached hydrogens (tertiary/aromatic N) is 6. The van der Waals surface area contributed by atoms with Gasteiger partial charge in [-0.15, -0.1) is 0 Å². The Morgan fingerprint density at radius 1 is 0.317 bits per heavy atom. The van der Waals surface area contributed by atoms with Gasteiger partial charge in [-0.25, -0.2) is 29.9 Å². The molecule has 0 saturated heterocycles. The van der Waals surface area contributed by atoms with Gasteiger partial charge in [0.1, 0.15) is 22.6 Å². The summed E-state index contributed by atoms with van der Waals surface area (Å²) in [5.41, 5.74) is 6.45. The van der Waals surface area contributed by atoms with Crippen LogP contribution in [0, 0.1) is 49.4 Å². The van der Waals surface area contributed by atoms with E-state index in [4.69, 9.17) is 29.9 Å². The first-order valence-electron chi connectivity index (χ1n) is 13.0. The van der Waals surface area contributed by atoms with Gasteiger partial charge in [0.25, 0.3) is 0 Å². The van der Waals surface area contributed by atoms with Crippen molar-refractivity contribution in [1.82, 2.24) is 39.9 Å². The van der Waals surface area contributed by atoms with Gasteiger partial charge in [0, 0.05) is 43.8 Å². The molecular weight excluding hydrogens is 648 g/mol. The Hall–Kier alpha value is -4.18. The number of nitrogens with one attached hydrogen (secondary N) is 2. The van der Waals surface area contributed by atoms with Crippen LogP contribution in [0.2, 0.25) is 0 Å². The molecule has 5 heterocycles. The van der Waals surface area contributed by atoms with Gasteiger partial charge in [0.2, 0.25) is 0 Å². The second-order valence-electron chi connectivity index (χ2n) is 9.79. The molecule has 1 radical (unpaired) electrons. The summed E-state index contributed by atoms with van der Waals surface area (Å²) in [4.78, 5) is 36.8. The van der Waals surface area contributed by atoms with E-state index in [-0.39, 0.29) is 49.4 Å². The van der Waals surface area contributed by atoms with Crippen LogP contribution in [0.3, 0.4) is 0 Å². The Balaban J connectivity index is 0.00000256. The zero-order valence-corrected chi connectivity index (χ0v) is 23.7. The molecule has 0 aliphatic carbocycles. The first-order chi connectivity index (χ1) is 19.8. The van der Waals surface area contributed by atoms with Crippen LogP contribution in [0.25, 0.3) is 89.7 Å². The van der Waals surface area contributed by atoms with Crippen LogP contribution < -0.4 is 0 Å². The van der Waals surface area contributed by atoms with Crippen molar-refractivity contribution in [2.75, 3.05) is 0 Å². The Bertz CT molecular complexity index is 2030. The smallest absolute Gasteiger partial charge is 0.324 e. The fraction of sp³-hybridized carbons (Fsp3) is 0. The zero-order valence-electron chi connectivity index (χ0n) is 21.3. The Morgan fingerprint density at radius 3 is 0.829 bits per heavy atom. The summed E-state index contributed by atoms with van der Waals surface area (Å²) in [5.74, 6) is 2.39. The largest absolute Gasteiger partial charge is 2.00 e. The molecule has 0 unspecified atom stereocenters. The SMILES string of the molecule is [Eu+2].c1ccc2c(c1)-c1nc-2nc2[nH]c(nc3nc(nc4[nH]c(n1)c1ccccc41)-c1ccccc1-3)c1ccccc21. The van der Waals surface area contributed by atoms with Crippen molar-refractivity contribution < 1.29 is 49.4 Å². The third-order valence-electron chi connectivity index (χ3n) is 7.46. The first kappa shape index (κ1) is 24.6. The molecule has 7 aromatic rings.